The third kappa shape index (κ3) is 2.86. The fraction of sp³-hybridized carbons (Fsp3) is 0.846. The van der Waals surface area contributed by atoms with Crippen molar-refractivity contribution in [3.63, 3.8) is 0 Å². The Morgan fingerprint density at radius 2 is 2.18 bits per heavy atom. The molecule has 0 amide bonds. The van der Waals surface area contributed by atoms with Gasteiger partial charge in [0.25, 0.3) is 0 Å². The molecule has 0 aliphatic heterocycles. The van der Waals surface area contributed by atoms with Crippen molar-refractivity contribution in [3.8, 4) is 0 Å². The molecule has 0 spiro atoms. The molecule has 1 atom stereocenters. The second kappa shape index (κ2) is 4.77. The van der Waals surface area contributed by atoms with Crippen LogP contribution in [0.25, 0.3) is 0 Å². The lowest BCUT2D eigenvalue weighted by atomic mass is 9.82. The maximum Gasteiger partial charge on any atom is 0.230 e. The minimum absolute atomic E-state index is 0.301. The fourth-order valence-corrected chi connectivity index (χ4v) is 2.55. The van der Waals surface area contributed by atoms with Crippen LogP contribution < -0.4 is 5.32 Å². The summed E-state index contributed by atoms with van der Waals surface area (Å²) in [5, 5.41) is 11.6. The second-order valence-electron chi connectivity index (χ2n) is 6.00. The molecule has 0 aromatic carbocycles. The van der Waals surface area contributed by atoms with Crippen LogP contribution in [-0.4, -0.2) is 16.2 Å². The zero-order valence-electron chi connectivity index (χ0n) is 11.3. The topological polar surface area (TPSA) is 51.0 Å². The zero-order chi connectivity index (χ0) is 12.5. The number of aromatic nitrogens is 2. The highest BCUT2D eigenvalue weighted by Crippen LogP contribution is 2.48. The van der Waals surface area contributed by atoms with Gasteiger partial charge in [0.2, 0.25) is 11.8 Å². The first-order valence-electron chi connectivity index (χ1n) is 6.55. The maximum atomic E-state index is 5.77. The van der Waals surface area contributed by atoms with Crippen molar-refractivity contribution in [2.45, 2.75) is 65.5 Å². The minimum atomic E-state index is 0.301. The Bertz CT molecular complexity index is 370. The van der Waals surface area contributed by atoms with E-state index in [1.54, 1.807) is 0 Å². The van der Waals surface area contributed by atoms with E-state index in [9.17, 15) is 0 Å². The second-order valence-corrected chi connectivity index (χ2v) is 6.00. The fourth-order valence-electron chi connectivity index (χ4n) is 2.55. The Hall–Kier alpha value is -0.900. The minimum Gasteiger partial charge on any atom is -0.424 e. The van der Waals surface area contributed by atoms with E-state index in [2.05, 4.69) is 43.2 Å². The van der Waals surface area contributed by atoms with Gasteiger partial charge in [-0.25, -0.2) is 0 Å². The Labute approximate surface area is 103 Å². The normalized spacial score (nSPS) is 23.5. The van der Waals surface area contributed by atoms with Gasteiger partial charge in [0.1, 0.15) is 0 Å². The molecule has 1 fully saturated rings. The molecule has 1 aliphatic carbocycles. The van der Waals surface area contributed by atoms with Gasteiger partial charge in [0, 0.05) is 12.0 Å². The predicted octanol–water partition coefficient (Wildman–Crippen LogP) is 2.86. The number of nitrogens with one attached hydrogen (secondary N) is 1. The van der Waals surface area contributed by atoms with E-state index in [-0.39, 0.29) is 0 Å². The predicted molar refractivity (Wildman–Crippen MR) is 66.6 cm³/mol. The van der Waals surface area contributed by atoms with Crippen LogP contribution in [0.5, 0.6) is 0 Å². The average molecular weight is 237 g/mol. The van der Waals surface area contributed by atoms with Gasteiger partial charge in [0.05, 0.1) is 6.54 Å². The SMILES string of the molecule is CC(C)NCc1nnc(C2CCCC2(C)C)o1. The van der Waals surface area contributed by atoms with Crippen LogP contribution in [-0.2, 0) is 6.54 Å². The van der Waals surface area contributed by atoms with Crippen molar-refractivity contribution in [1.29, 1.82) is 0 Å². The first kappa shape index (κ1) is 12.6. The lowest BCUT2D eigenvalue weighted by molar-refractivity contribution is 0.279. The highest BCUT2D eigenvalue weighted by atomic mass is 16.4. The van der Waals surface area contributed by atoms with Crippen LogP contribution in [0.1, 0.15) is 64.7 Å². The van der Waals surface area contributed by atoms with Gasteiger partial charge >= 0.3 is 0 Å². The molecule has 17 heavy (non-hydrogen) atoms. The quantitative estimate of drug-likeness (QED) is 0.874. The summed E-state index contributed by atoms with van der Waals surface area (Å²) in [6.45, 7) is 9.47. The monoisotopic (exact) mass is 237 g/mol. The van der Waals surface area contributed by atoms with Crippen molar-refractivity contribution in [2.75, 3.05) is 0 Å². The highest BCUT2D eigenvalue weighted by Gasteiger charge is 2.38. The lowest BCUT2D eigenvalue weighted by Gasteiger charge is -2.23. The van der Waals surface area contributed by atoms with Crippen LogP contribution in [0.15, 0.2) is 4.42 Å². The summed E-state index contributed by atoms with van der Waals surface area (Å²) in [6, 6.07) is 0.438. The summed E-state index contributed by atoms with van der Waals surface area (Å²) >= 11 is 0. The largest absolute Gasteiger partial charge is 0.424 e. The van der Waals surface area contributed by atoms with E-state index in [0.29, 0.717) is 29.8 Å². The molecule has 0 bridgehead atoms. The smallest absolute Gasteiger partial charge is 0.230 e. The van der Waals surface area contributed by atoms with Gasteiger partial charge in [-0.3, -0.25) is 0 Å². The zero-order valence-corrected chi connectivity index (χ0v) is 11.3. The Morgan fingerprint density at radius 1 is 1.41 bits per heavy atom. The molecule has 4 heteroatoms. The van der Waals surface area contributed by atoms with E-state index in [0.717, 1.165) is 5.89 Å². The van der Waals surface area contributed by atoms with Gasteiger partial charge < -0.3 is 9.73 Å². The van der Waals surface area contributed by atoms with Crippen LogP contribution in [0.3, 0.4) is 0 Å². The Morgan fingerprint density at radius 3 is 2.76 bits per heavy atom. The van der Waals surface area contributed by atoms with E-state index in [4.69, 9.17) is 4.42 Å². The molecule has 0 radical (unpaired) electrons. The van der Waals surface area contributed by atoms with Gasteiger partial charge in [-0.2, -0.15) is 0 Å². The van der Waals surface area contributed by atoms with Crippen molar-refractivity contribution >= 4 is 0 Å². The summed E-state index contributed by atoms with van der Waals surface area (Å²) in [7, 11) is 0. The molecule has 1 aromatic heterocycles. The average Bonchev–Trinajstić information content (AvgIpc) is 2.80. The molecule has 0 saturated heterocycles. The van der Waals surface area contributed by atoms with Crippen molar-refractivity contribution in [1.82, 2.24) is 15.5 Å². The number of rotatable bonds is 4. The van der Waals surface area contributed by atoms with E-state index < -0.39 is 0 Å². The molecule has 1 aromatic rings. The molecule has 2 rings (SSSR count). The summed E-state index contributed by atoms with van der Waals surface area (Å²) in [4.78, 5) is 0. The molecule has 1 aliphatic rings. The molecular weight excluding hydrogens is 214 g/mol. The van der Waals surface area contributed by atoms with Gasteiger partial charge in [-0.15, -0.1) is 10.2 Å². The molecule has 96 valence electrons. The highest BCUT2D eigenvalue weighted by molar-refractivity contribution is 5.02. The third-order valence-corrected chi connectivity index (χ3v) is 3.70. The summed E-state index contributed by atoms with van der Waals surface area (Å²) in [6.07, 6.45) is 3.69. The van der Waals surface area contributed by atoms with Crippen molar-refractivity contribution in [3.05, 3.63) is 11.8 Å². The lowest BCUT2D eigenvalue weighted by Crippen LogP contribution is -2.21. The summed E-state index contributed by atoms with van der Waals surface area (Å²) in [5.41, 5.74) is 0.301. The number of nitrogens with zero attached hydrogens (tertiary/aromatic N) is 2. The van der Waals surface area contributed by atoms with Crippen molar-refractivity contribution in [2.24, 2.45) is 5.41 Å². The van der Waals surface area contributed by atoms with E-state index in [1.807, 2.05) is 0 Å². The Balaban J connectivity index is 2.03. The molecule has 1 unspecified atom stereocenters. The summed E-state index contributed by atoms with van der Waals surface area (Å²) in [5.74, 6) is 1.97. The van der Waals surface area contributed by atoms with Crippen molar-refractivity contribution < 1.29 is 4.42 Å². The maximum absolute atomic E-state index is 5.77. The van der Waals surface area contributed by atoms with Gasteiger partial charge in [-0.1, -0.05) is 34.1 Å². The van der Waals surface area contributed by atoms with Crippen LogP contribution in [0.4, 0.5) is 0 Å². The number of hydrogen-bond acceptors (Lipinski definition) is 4. The first-order chi connectivity index (χ1) is 7.99. The molecule has 1 N–H and O–H groups in total. The van der Waals surface area contributed by atoms with Gasteiger partial charge in [0.15, 0.2) is 0 Å². The van der Waals surface area contributed by atoms with Crippen LogP contribution >= 0.6 is 0 Å². The standard InChI is InChI=1S/C13H23N3O/c1-9(2)14-8-11-15-16-12(17-11)10-6-5-7-13(10,3)4/h9-10,14H,5-8H2,1-4H3. The molecular formula is C13H23N3O. The van der Waals surface area contributed by atoms with E-state index >= 15 is 0 Å². The van der Waals surface area contributed by atoms with E-state index in [1.165, 1.54) is 19.3 Å². The van der Waals surface area contributed by atoms with Crippen LogP contribution in [0.2, 0.25) is 0 Å². The third-order valence-electron chi connectivity index (χ3n) is 3.70. The number of hydrogen-bond donors (Lipinski definition) is 1. The molecule has 4 nitrogen and oxygen atoms in total. The summed E-state index contributed by atoms with van der Waals surface area (Å²) < 4.78 is 5.77. The first-order valence-corrected chi connectivity index (χ1v) is 6.55. The Kier molecular flexibility index (Phi) is 3.52. The molecule has 1 saturated carbocycles. The van der Waals surface area contributed by atoms with Crippen LogP contribution in [0, 0.1) is 5.41 Å². The molecule has 1 heterocycles. The van der Waals surface area contributed by atoms with Gasteiger partial charge in [-0.05, 0) is 18.3 Å².